The summed E-state index contributed by atoms with van der Waals surface area (Å²) in [6.45, 7) is 5.27. The molecule has 2 fully saturated rings. The number of ketones is 1. The number of hydrogen-bond donors (Lipinski definition) is 0. The number of carbonyl (C=O) groups is 4. The molecule has 3 heterocycles. The Balaban J connectivity index is 1.46. The van der Waals surface area contributed by atoms with Gasteiger partial charge in [0.15, 0.2) is 6.61 Å². The first-order valence-electron chi connectivity index (χ1n) is 10.7. The molecule has 0 saturated carbocycles. The van der Waals surface area contributed by atoms with Gasteiger partial charge in [0.25, 0.3) is 0 Å². The van der Waals surface area contributed by atoms with Gasteiger partial charge in [-0.2, -0.15) is 0 Å². The highest BCUT2D eigenvalue weighted by atomic mass is 32.2. The first-order valence-corrected chi connectivity index (χ1v) is 11.7. The van der Waals surface area contributed by atoms with Crippen LogP contribution >= 0.6 is 11.8 Å². The summed E-state index contributed by atoms with van der Waals surface area (Å²) in [6.07, 6.45) is 1.14. The lowest BCUT2D eigenvalue weighted by atomic mass is 10.1. The summed E-state index contributed by atoms with van der Waals surface area (Å²) in [4.78, 5) is 50.7. The second-order valence-electron chi connectivity index (χ2n) is 8.46. The number of carbonyl (C=O) groups excluding carboxylic acids is 4. The summed E-state index contributed by atoms with van der Waals surface area (Å²) >= 11 is 1.58. The number of thioether (sulfide) groups is 1. The molecule has 174 valence electrons. The molecular weight excluding hydrogens is 444 g/mol. The van der Waals surface area contributed by atoms with E-state index in [1.807, 2.05) is 25.3 Å². The monoisotopic (exact) mass is 470 g/mol. The van der Waals surface area contributed by atoms with Crippen molar-refractivity contribution in [3.05, 3.63) is 52.8 Å². The third-order valence-corrected chi connectivity index (χ3v) is 7.85. The van der Waals surface area contributed by atoms with Gasteiger partial charge < -0.3 is 18.9 Å². The Morgan fingerprint density at radius 2 is 1.88 bits per heavy atom. The maximum absolute atomic E-state index is 12.9. The van der Waals surface area contributed by atoms with Crippen molar-refractivity contribution >= 4 is 35.4 Å². The van der Waals surface area contributed by atoms with E-state index in [0.717, 1.165) is 11.4 Å². The van der Waals surface area contributed by atoms with Crippen LogP contribution in [0.1, 0.15) is 51.9 Å². The number of aryl methyl sites for hydroxylation is 1. The number of Topliss-reactive ketones (excluding diaryl/α,β-unsaturated/α-hetero) is 1. The Morgan fingerprint density at radius 3 is 2.55 bits per heavy atom. The van der Waals surface area contributed by atoms with E-state index < -0.39 is 18.0 Å². The van der Waals surface area contributed by atoms with Crippen molar-refractivity contribution in [1.29, 1.82) is 0 Å². The standard InChI is InChI=1S/C24H26N2O6S/c1-14-11-18(15(2)25(14)17-7-5-16(6-8-17)22(29)31-4)20(27)12-32-23(30)19-13-33-24(3)10-9-21(28)26(19)24/h5-8,11,19H,9-10,12-13H2,1-4H3/t19-,24-/m1/s1. The molecular formula is C24H26N2O6S. The number of esters is 2. The molecule has 4 rings (SSSR count). The summed E-state index contributed by atoms with van der Waals surface area (Å²) < 4.78 is 12.0. The summed E-state index contributed by atoms with van der Waals surface area (Å²) in [5, 5.41) is 0. The van der Waals surface area contributed by atoms with Gasteiger partial charge in [-0.15, -0.1) is 11.8 Å². The first-order chi connectivity index (χ1) is 15.7. The second-order valence-corrected chi connectivity index (χ2v) is 9.96. The molecule has 9 heteroatoms. The molecule has 2 aromatic rings. The number of hydrogen-bond acceptors (Lipinski definition) is 7. The SMILES string of the molecule is COC(=O)c1ccc(-n2c(C)cc(C(=O)COC(=O)[C@H]3CS[C@]4(C)CCC(=O)N34)c2C)cc1. The van der Waals surface area contributed by atoms with Crippen molar-refractivity contribution in [3.63, 3.8) is 0 Å². The van der Waals surface area contributed by atoms with E-state index >= 15 is 0 Å². The molecule has 2 aliphatic rings. The lowest BCUT2D eigenvalue weighted by molar-refractivity contribution is -0.152. The Labute approximate surface area is 196 Å². The predicted molar refractivity (Wildman–Crippen MR) is 123 cm³/mol. The molecule has 8 nitrogen and oxygen atoms in total. The molecule has 0 unspecified atom stereocenters. The minimum Gasteiger partial charge on any atom is -0.465 e. The molecule has 0 spiro atoms. The Bertz CT molecular complexity index is 1140. The van der Waals surface area contributed by atoms with E-state index in [9.17, 15) is 19.2 Å². The number of ether oxygens (including phenoxy) is 2. The van der Waals surface area contributed by atoms with Crippen LogP contribution in [0.2, 0.25) is 0 Å². The zero-order chi connectivity index (χ0) is 23.9. The number of nitrogens with zero attached hydrogens (tertiary/aromatic N) is 2. The van der Waals surface area contributed by atoms with Gasteiger partial charge in [-0.05, 0) is 57.5 Å². The zero-order valence-corrected chi connectivity index (χ0v) is 19.9. The van der Waals surface area contributed by atoms with Crippen LogP contribution in [0.4, 0.5) is 0 Å². The molecule has 0 radical (unpaired) electrons. The van der Waals surface area contributed by atoms with Gasteiger partial charge in [-0.1, -0.05) is 0 Å². The van der Waals surface area contributed by atoms with Gasteiger partial charge in [-0.25, -0.2) is 9.59 Å². The van der Waals surface area contributed by atoms with Crippen LogP contribution in [-0.4, -0.2) is 63.5 Å². The van der Waals surface area contributed by atoms with E-state index in [2.05, 4.69) is 0 Å². The fraction of sp³-hybridized carbons (Fsp3) is 0.417. The summed E-state index contributed by atoms with van der Waals surface area (Å²) in [5.74, 6) is -0.836. The fourth-order valence-electron chi connectivity index (χ4n) is 4.61. The smallest absolute Gasteiger partial charge is 0.337 e. The van der Waals surface area contributed by atoms with Gasteiger partial charge >= 0.3 is 11.9 Å². The largest absolute Gasteiger partial charge is 0.465 e. The van der Waals surface area contributed by atoms with Gasteiger partial charge in [0.2, 0.25) is 11.7 Å². The molecule has 1 aromatic carbocycles. The van der Waals surface area contributed by atoms with Gasteiger partial charge in [0.1, 0.15) is 6.04 Å². The van der Waals surface area contributed by atoms with E-state index in [-0.39, 0.29) is 23.2 Å². The third-order valence-electron chi connectivity index (χ3n) is 6.34. The molecule has 1 aromatic heterocycles. The van der Waals surface area contributed by atoms with E-state index in [1.165, 1.54) is 7.11 Å². The highest BCUT2D eigenvalue weighted by Gasteiger charge is 2.53. The van der Waals surface area contributed by atoms with Crippen LogP contribution in [0, 0.1) is 13.8 Å². The molecule has 2 saturated heterocycles. The van der Waals surface area contributed by atoms with Crippen molar-refractivity contribution < 1.29 is 28.7 Å². The molecule has 0 N–H and O–H groups in total. The predicted octanol–water partition coefficient (Wildman–Crippen LogP) is 3.06. The average Bonchev–Trinajstić information content (AvgIpc) is 3.41. The molecule has 2 atom stereocenters. The maximum atomic E-state index is 12.9. The van der Waals surface area contributed by atoms with E-state index in [1.54, 1.807) is 47.0 Å². The quantitative estimate of drug-likeness (QED) is 0.473. The number of fused-ring (bicyclic) bond motifs is 1. The van der Waals surface area contributed by atoms with Gasteiger partial charge in [0, 0.05) is 34.8 Å². The highest BCUT2D eigenvalue weighted by molar-refractivity contribution is 8.01. The number of amides is 1. The normalized spacial score (nSPS) is 21.8. The zero-order valence-electron chi connectivity index (χ0n) is 19.0. The van der Waals surface area contributed by atoms with Gasteiger partial charge in [0.05, 0.1) is 17.5 Å². The van der Waals surface area contributed by atoms with E-state index in [4.69, 9.17) is 9.47 Å². The Morgan fingerprint density at radius 1 is 1.18 bits per heavy atom. The van der Waals surface area contributed by atoms with Crippen molar-refractivity contribution in [1.82, 2.24) is 9.47 Å². The van der Waals surface area contributed by atoms with Crippen molar-refractivity contribution in [3.8, 4) is 5.69 Å². The molecule has 1 amide bonds. The van der Waals surface area contributed by atoms with Crippen LogP contribution in [0.15, 0.2) is 30.3 Å². The summed E-state index contributed by atoms with van der Waals surface area (Å²) in [5.41, 5.74) is 3.23. The third kappa shape index (κ3) is 4.06. The molecule has 0 aliphatic carbocycles. The topological polar surface area (TPSA) is 94.9 Å². The summed E-state index contributed by atoms with van der Waals surface area (Å²) in [7, 11) is 1.33. The minimum absolute atomic E-state index is 0.0439. The Hall–Kier alpha value is -3.07. The van der Waals surface area contributed by atoms with Crippen LogP contribution in [0.5, 0.6) is 0 Å². The van der Waals surface area contributed by atoms with E-state index in [0.29, 0.717) is 35.4 Å². The fourth-order valence-corrected chi connectivity index (χ4v) is 6.03. The second kappa shape index (κ2) is 8.70. The molecule has 2 aliphatic heterocycles. The molecule has 33 heavy (non-hydrogen) atoms. The number of methoxy groups -OCH3 is 1. The number of rotatable bonds is 6. The average molecular weight is 471 g/mol. The highest BCUT2D eigenvalue weighted by Crippen LogP contribution is 2.47. The van der Waals surface area contributed by atoms with Crippen LogP contribution in [-0.2, 0) is 19.1 Å². The molecule has 0 bridgehead atoms. The number of aromatic nitrogens is 1. The van der Waals surface area contributed by atoms with Crippen LogP contribution < -0.4 is 0 Å². The lowest BCUT2D eigenvalue weighted by Gasteiger charge is -2.29. The first kappa shape index (κ1) is 23.1. The summed E-state index contributed by atoms with van der Waals surface area (Å²) in [6, 6.07) is 7.99. The number of benzene rings is 1. The van der Waals surface area contributed by atoms with Crippen molar-refractivity contribution in [2.45, 2.75) is 44.5 Å². The Kier molecular flexibility index (Phi) is 6.09. The van der Waals surface area contributed by atoms with Crippen molar-refractivity contribution in [2.24, 2.45) is 0 Å². The minimum atomic E-state index is -0.649. The lowest BCUT2D eigenvalue weighted by Crippen LogP contribution is -2.46. The van der Waals surface area contributed by atoms with Crippen molar-refractivity contribution in [2.75, 3.05) is 19.5 Å². The maximum Gasteiger partial charge on any atom is 0.337 e. The van der Waals surface area contributed by atoms with Crippen LogP contribution in [0.25, 0.3) is 5.69 Å². The van der Waals surface area contributed by atoms with Gasteiger partial charge in [-0.3, -0.25) is 9.59 Å². The van der Waals surface area contributed by atoms with Crippen LogP contribution in [0.3, 0.4) is 0 Å².